The van der Waals surface area contributed by atoms with Crippen molar-refractivity contribution in [2.24, 2.45) is 11.6 Å². The number of halogens is 5. The molecule has 1 atom stereocenters. The highest BCUT2D eigenvalue weighted by Gasteiger charge is 2.33. The van der Waals surface area contributed by atoms with Crippen LogP contribution in [0.4, 0.5) is 24.5 Å². The zero-order valence-corrected chi connectivity index (χ0v) is 23.6. The first-order chi connectivity index (χ1) is 19.8. The lowest BCUT2D eigenvalue weighted by molar-refractivity contribution is -0.141. The second-order valence-electron chi connectivity index (χ2n) is 8.95. The van der Waals surface area contributed by atoms with Gasteiger partial charge in [0, 0.05) is 27.9 Å². The molecule has 0 radical (unpaired) electrons. The van der Waals surface area contributed by atoms with E-state index in [9.17, 15) is 22.8 Å². The Morgan fingerprint density at radius 3 is 2.57 bits per heavy atom. The lowest BCUT2D eigenvalue weighted by Crippen LogP contribution is -2.33. The molecule has 0 spiro atoms. The molecule has 2 heterocycles. The van der Waals surface area contributed by atoms with Crippen molar-refractivity contribution in [1.29, 1.82) is 0 Å². The molecule has 220 valence electrons. The zero-order valence-electron chi connectivity index (χ0n) is 22.1. The van der Waals surface area contributed by atoms with Crippen molar-refractivity contribution in [3.05, 3.63) is 87.3 Å². The summed E-state index contributed by atoms with van der Waals surface area (Å²) in [5.74, 6) is 5.73. The van der Waals surface area contributed by atoms with Gasteiger partial charge in [-0.25, -0.2) is 10.8 Å². The second kappa shape index (κ2) is 12.3. The summed E-state index contributed by atoms with van der Waals surface area (Å²) in [6.07, 6.45) is -1.20. The summed E-state index contributed by atoms with van der Waals surface area (Å²) in [4.78, 5) is 34.0. The van der Waals surface area contributed by atoms with E-state index in [1.54, 1.807) is 25.1 Å². The number of nitrogens with zero attached hydrogens (tertiary/aromatic N) is 4. The summed E-state index contributed by atoms with van der Waals surface area (Å²) < 4.78 is 46.0. The number of hydrogen-bond donors (Lipinski definition) is 3. The first kappa shape index (κ1) is 30.6. The largest absolute Gasteiger partial charge is 0.495 e. The van der Waals surface area contributed by atoms with Gasteiger partial charge in [0.1, 0.15) is 16.9 Å². The molecule has 2 aromatic carbocycles. The van der Waals surface area contributed by atoms with Crippen LogP contribution in [0, 0.1) is 0 Å². The van der Waals surface area contributed by atoms with Crippen molar-refractivity contribution in [1.82, 2.24) is 14.5 Å². The van der Waals surface area contributed by atoms with Crippen LogP contribution < -0.4 is 32.2 Å². The van der Waals surface area contributed by atoms with Crippen molar-refractivity contribution in [2.45, 2.75) is 25.6 Å². The van der Waals surface area contributed by atoms with E-state index in [0.717, 1.165) is 5.01 Å². The number of nitrogens with two attached hydrogens (primary N) is 2. The summed E-state index contributed by atoms with van der Waals surface area (Å²) in [7, 11) is 1.39. The summed E-state index contributed by atoms with van der Waals surface area (Å²) in [6.45, 7) is 1.70. The third kappa shape index (κ3) is 6.59. The molecule has 5 N–H and O–H groups in total. The SMILES string of the molecule is CCC(C(=O)Nc1ccc2ncc(C(F)(F)F)nc2c1)n1cc(OC)c(-c2cc(Cl)ccc2N(N)/C=C(\N)Cl)cc1=O. The maximum atomic E-state index is 13.4. The average molecular weight is 622 g/mol. The number of fused-ring (bicyclic) bond motifs is 1. The Kier molecular flexibility index (Phi) is 8.95. The number of amides is 1. The van der Waals surface area contributed by atoms with E-state index < -0.39 is 29.4 Å². The highest BCUT2D eigenvalue weighted by Crippen LogP contribution is 2.38. The Bertz CT molecular complexity index is 1740. The first-order valence-electron chi connectivity index (χ1n) is 12.2. The van der Waals surface area contributed by atoms with Gasteiger partial charge in [-0.1, -0.05) is 30.1 Å². The van der Waals surface area contributed by atoms with Crippen LogP contribution in [0.3, 0.4) is 0 Å². The number of methoxy groups -OCH3 is 1. The summed E-state index contributed by atoms with van der Waals surface area (Å²) in [5, 5.41) is 4.07. The third-order valence-electron chi connectivity index (χ3n) is 6.18. The maximum absolute atomic E-state index is 13.4. The number of carbonyl (C=O) groups excluding carboxylic acids is 1. The number of alkyl halides is 3. The Morgan fingerprint density at radius 2 is 1.93 bits per heavy atom. The maximum Gasteiger partial charge on any atom is 0.434 e. The molecule has 4 rings (SSSR count). The lowest BCUT2D eigenvalue weighted by atomic mass is 10.0. The van der Waals surface area contributed by atoms with Crippen molar-refractivity contribution in [2.75, 3.05) is 17.4 Å². The molecule has 0 bridgehead atoms. The molecular formula is C27H24Cl2F3N7O3. The minimum absolute atomic E-state index is 0.0593. The molecule has 0 saturated carbocycles. The summed E-state index contributed by atoms with van der Waals surface area (Å²) >= 11 is 12.0. The fraction of sp³-hybridized carbons (Fsp3) is 0.185. The van der Waals surface area contributed by atoms with Gasteiger partial charge in [0.15, 0.2) is 5.69 Å². The Balaban J connectivity index is 1.71. The van der Waals surface area contributed by atoms with E-state index in [0.29, 0.717) is 28.0 Å². The van der Waals surface area contributed by atoms with Gasteiger partial charge in [-0.2, -0.15) is 13.2 Å². The van der Waals surface area contributed by atoms with Gasteiger partial charge in [-0.05, 0) is 42.8 Å². The second-order valence-corrected chi connectivity index (χ2v) is 9.83. The van der Waals surface area contributed by atoms with E-state index in [1.165, 1.54) is 48.3 Å². The molecule has 4 aromatic rings. The number of aromatic nitrogens is 3. The van der Waals surface area contributed by atoms with Gasteiger partial charge in [-0.3, -0.25) is 24.1 Å². The van der Waals surface area contributed by atoms with Crippen molar-refractivity contribution in [3.63, 3.8) is 0 Å². The summed E-state index contributed by atoms with van der Waals surface area (Å²) in [5.41, 5.74) is 5.32. The van der Waals surface area contributed by atoms with Gasteiger partial charge in [-0.15, -0.1) is 0 Å². The molecule has 42 heavy (non-hydrogen) atoms. The third-order valence-corrected chi connectivity index (χ3v) is 6.51. The zero-order chi connectivity index (χ0) is 30.8. The highest BCUT2D eigenvalue weighted by atomic mass is 35.5. The lowest BCUT2D eigenvalue weighted by Gasteiger charge is -2.22. The molecule has 1 amide bonds. The molecular weight excluding hydrogens is 598 g/mol. The monoisotopic (exact) mass is 621 g/mol. The van der Waals surface area contributed by atoms with Gasteiger partial charge >= 0.3 is 6.18 Å². The van der Waals surface area contributed by atoms with E-state index in [1.807, 2.05) is 0 Å². The fourth-order valence-electron chi connectivity index (χ4n) is 4.26. The van der Waals surface area contributed by atoms with E-state index in [4.69, 9.17) is 39.5 Å². The van der Waals surface area contributed by atoms with Gasteiger partial charge in [0.25, 0.3) is 5.56 Å². The van der Waals surface area contributed by atoms with Crippen molar-refractivity contribution in [3.8, 4) is 16.9 Å². The fourth-order valence-corrected chi connectivity index (χ4v) is 4.53. The Labute approximate surface area is 247 Å². The van der Waals surface area contributed by atoms with Gasteiger partial charge in [0.2, 0.25) is 5.91 Å². The van der Waals surface area contributed by atoms with E-state index in [2.05, 4.69) is 15.3 Å². The minimum Gasteiger partial charge on any atom is -0.495 e. The molecule has 0 fully saturated rings. The predicted octanol–water partition coefficient (Wildman–Crippen LogP) is 5.41. The first-order valence-corrected chi connectivity index (χ1v) is 13.0. The summed E-state index contributed by atoms with van der Waals surface area (Å²) in [6, 6.07) is 9.22. The number of carbonyl (C=O) groups is 1. The molecule has 10 nitrogen and oxygen atoms in total. The van der Waals surface area contributed by atoms with Gasteiger partial charge in [0.05, 0.1) is 42.4 Å². The van der Waals surface area contributed by atoms with Crippen LogP contribution in [0.25, 0.3) is 22.2 Å². The molecule has 0 aliphatic rings. The number of ether oxygens (including phenoxy) is 1. The van der Waals surface area contributed by atoms with Crippen LogP contribution in [0.2, 0.25) is 5.02 Å². The standard InChI is InChI=1S/C27H24Cl2F3N7O3/c1-3-20(26(41)36-15-5-6-18-19(9-15)37-23(11-35-18)27(30,31)32)38-12-22(42-2)17(10-25(38)40)16-8-14(28)4-7-21(16)39(34)13-24(29)33/h4-13,20H,3,33-34H2,1-2H3,(H,36,41)/b24-13-. The van der Waals surface area contributed by atoms with Crippen LogP contribution in [0.1, 0.15) is 25.1 Å². The highest BCUT2D eigenvalue weighted by molar-refractivity contribution is 6.31. The van der Waals surface area contributed by atoms with Crippen molar-refractivity contribution >= 4 is 51.5 Å². The molecule has 0 aliphatic carbocycles. The molecule has 0 saturated heterocycles. The average Bonchev–Trinajstić information content (AvgIpc) is 2.92. The number of hydrogen-bond acceptors (Lipinski definition) is 8. The van der Waals surface area contributed by atoms with Crippen LogP contribution in [-0.4, -0.2) is 27.6 Å². The quantitative estimate of drug-likeness (QED) is 0.135. The minimum atomic E-state index is -4.68. The number of benzene rings is 2. The normalized spacial score (nSPS) is 12.7. The number of nitrogens with one attached hydrogen (secondary N) is 1. The smallest absolute Gasteiger partial charge is 0.434 e. The van der Waals surface area contributed by atoms with E-state index in [-0.39, 0.29) is 34.0 Å². The molecule has 2 aromatic heterocycles. The number of rotatable bonds is 8. The van der Waals surface area contributed by atoms with E-state index >= 15 is 0 Å². The predicted molar refractivity (Wildman–Crippen MR) is 155 cm³/mol. The number of anilines is 2. The molecule has 1 unspecified atom stereocenters. The van der Waals surface area contributed by atoms with Crippen LogP contribution in [-0.2, 0) is 11.0 Å². The van der Waals surface area contributed by atoms with Crippen molar-refractivity contribution < 1.29 is 22.7 Å². The van der Waals surface area contributed by atoms with Crippen LogP contribution in [0.15, 0.2) is 71.0 Å². The topological polar surface area (TPSA) is 141 Å². The molecule has 0 aliphatic heterocycles. The van der Waals surface area contributed by atoms with Crippen LogP contribution >= 0.6 is 23.2 Å². The number of hydrazine groups is 1. The Morgan fingerprint density at radius 1 is 1.19 bits per heavy atom. The van der Waals surface area contributed by atoms with Gasteiger partial charge < -0.3 is 15.8 Å². The Hall–Kier alpha value is -4.33. The van der Waals surface area contributed by atoms with Crippen LogP contribution in [0.5, 0.6) is 5.75 Å². The number of pyridine rings is 1. The molecule has 15 heteroatoms.